The normalized spacial score (nSPS) is 32.1. The van der Waals surface area contributed by atoms with Gasteiger partial charge in [0.15, 0.2) is 0 Å². The minimum atomic E-state index is -2.09. The molecule has 0 radical (unpaired) electrons. The van der Waals surface area contributed by atoms with Gasteiger partial charge in [-0.3, -0.25) is 0 Å². The molecule has 0 saturated heterocycles. The second kappa shape index (κ2) is 4.92. The molecule has 0 bridgehead atoms. The van der Waals surface area contributed by atoms with E-state index in [1.165, 1.54) is 6.42 Å². The van der Waals surface area contributed by atoms with Crippen molar-refractivity contribution in [1.29, 1.82) is 0 Å². The highest BCUT2D eigenvalue weighted by Crippen LogP contribution is 2.36. The zero-order chi connectivity index (χ0) is 9.84. The van der Waals surface area contributed by atoms with Crippen LogP contribution in [0.1, 0.15) is 46.0 Å². The average Bonchev–Trinajstić information content (AvgIpc) is 2.17. The van der Waals surface area contributed by atoms with E-state index in [9.17, 15) is 8.78 Å². The molecule has 1 aliphatic rings. The Balaban J connectivity index is 2.30. The summed E-state index contributed by atoms with van der Waals surface area (Å²) in [5, 5.41) is 0. The van der Waals surface area contributed by atoms with Crippen molar-refractivity contribution in [2.45, 2.75) is 52.4 Å². The Hall–Kier alpha value is -0.140. The monoisotopic (exact) mass is 190 g/mol. The first-order valence-electron chi connectivity index (χ1n) is 5.43. The van der Waals surface area contributed by atoms with Gasteiger partial charge < -0.3 is 0 Å². The first-order chi connectivity index (χ1) is 6.15. The van der Waals surface area contributed by atoms with Gasteiger partial charge in [-0.2, -0.15) is 0 Å². The van der Waals surface area contributed by atoms with Crippen molar-refractivity contribution in [3.05, 3.63) is 0 Å². The lowest BCUT2D eigenvalue weighted by Gasteiger charge is -2.31. The summed E-state index contributed by atoms with van der Waals surface area (Å²) >= 11 is 0. The predicted molar refractivity (Wildman–Crippen MR) is 50.9 cm³/mol. The van der Waals surface area contributed by atoms with E-state index in [1.807, 2.05) is 0 Å². The molecular weight excluding hydrogens is 170 g/mol. The molecule has 1 atom stereocenters. The fourth-order valence-electron chi connectivity index (χ4n) is 2.30. The van der Waals surface area contributed by atoms with Gasteiger partial charge in [-0.25, -0.2) is 8.78 Å². The molecule has 78 valence electrons. The molecule has 13 heavy (non-hydrogen) atoms. The average molecular weight is 190 g/mol. The zero-order valence-corrected chi connectivity index (χ0v) is 8.60. The highest BCUT2D eigenvalue weighted by atomic mass is 19.3. The molecule has 1 rings (SSSR count). The van der Waals surface area contributed by atoms with Crippen molar-refractivity contribution < 1.29 is 8.78 Å². The second-order valence-electron chi connectivity index (χ2n) is 4.39. The van der Waals surface area contributed by atoms with E-state index in [1.54, 1.807) is 0 Å². The van der Waals surface area contributed by atoms with Crippen molar-refractivity contribution in [3.63, 3.8) is 0 Å². The maximum atomic E-state index is 12.3. The van der Waals surface area contributed by atoms with Gasteiger partial charge in [-0.1, -0.05) is 20.3 Å². The van der Waals surface area contributed by atoms with Crippen molar-refractivity contribution in [1.82, 2.24) is 0 Å². The van der Waals surface area contributed by atoms with Crippen molar-refractivity contribution in [3.8, 4) is 0 Å². The maximum Gasteiger partial charge on any atom is 0.241 e. The van der Waals surface area contributed by atoms with Crippen LogP contribution in [0.25, 0.3) is 0 Å². The maximum absolute atomic E-state index is 12.3. The molecule has 1 unspecified atom stereocenters. The Morgan fingerprint density at radius 1 is 1.08 bits per heavy atom. The number of hydrogen-bond donors (Lipinski definition) is 0. The summed E-state index contributed by atoms with van der Waals surface area (Å²) < 4.78 is 24.7. The minimum Gasteiger partial charge on any atom is -0.210 e. The Labute approximate surface area is 79.7 Å². The molecule has 0 heterocycles. The Bertz CT molecular complexity index is 137. The van der Waals surface area contributed by atoms with Crippen LogP contribution in [0.4, 0.5) is 8.78 Å². The van der Waals surface area contributed by atoms with Gasteiger partial charge in [0.05, 0.1) is 0 Å². The van der Waals surface area contributed by atoms with Gasteiger partial charge in [0.2, 0.25) is 6.43 Å². The fraction of sp³-hybridized carbons (Fsp3) is 1.00. The molecule has 2 heteroatoms. The van der Waals surface area contributed by atoms with Gasteiger partial charge in [0, 0.05) is 5.92 Å². The molecule has 0 aromatic heterocycles. The summed E-state index contributed by atoms with van der Waals surface area (Å²) in [7, 11) is 0. The summed E-state index contributed by atoms with van der Waals surface area (Å²) in [5.41, 5.74) is 0. The van der Waals surface area contributed by atoms with Crippen LogP contribution < -0.4 is 0 Å². The Kier molecular flexibility index (Phi) is 4.14. The topological polar surface area (TPSA) is 0 Å². The van der Waals surface area contributed by atoms with E-state index >= 15 is 0 Å². The molecule has 0 N–H and O–H groups in total. The molecule has 0 nitrogen and oxygen atoms in total. The Morgan fingerprint density at radius 2 is 1.54 bits per heavy atom. The van der Waals surface area contributed by atoms with Gasteiger partial charge in [-0.05, 0) is 37.5 Å². The third-order valence-electron chi connectivity index (χ3n) is 3.62. The number of rotatable bonds is 3. The quantitative estimate of drug-likeness (QED) is 0.628. The van der Waals surface area contributed by atoms with E-state index in [2.05, 4.69) is 13.8 Å². The van der Waals surface area contributed by atoms with E-state index in [-0.39, 0.29) is 5.92 Å². The van der Waals surface area contributed by atoms with Crippen LogP contribution in [-0.4, -0.2) is 6.43 Å². The lowest BCUT2D eigenvalue weighted by atomic mass is 9.76. The standard InChI is InChI=1S/C11H20F2/c1-3-8(2)9-4-6-10(7-5-9)11(12)13/h8-11H,3-7H2,1-2H3. The zero-order valence-electron chi connectivity index (χ0n) is 8.60. The van der Waals surface area contributed by atoms with E-state index < -0.39 is 6.43 Å². The lowest BCUT2D eigenvalue weighted by Crippen LogP contribution is -2.23. The van der Waals surface area contributed by atoms with Gasteiger partial charge >= 0.3 is 0 Å². The molecule has 0 aromatic carbocycles. The van der Waals surface area contributed by atoms with Gasteiger partial charge in [-0.15, -0.1) is 0 Å². The summed E-state index contributed by atoms with van der Waals surface area (Å²) in [5.74, 6) is 1.12. The highest BCUT2D eigenvalue weighted by molar-refractivity contribution is 4.76. The summed E-state index contributed by atoms with van der Waals surface area (Å²) in [4.78, 5) is 0. The molecule has 1 aliphatic carbocycles. The largest absolute Gasteiger partial charge is 0.241 e. The minimum absolute atomic E-state index is 0.305. The number of hydrogen-bond acceptors (Lipinski definition) is 0. The molecule has 0 aromatic rings. The van der Waals surface area contributed by atoms with Crippen molar-refractivity contribution >= 4 is 0 Å². The van der Waals surface area contributed by atoms with E-state index in [0.29, 0.717) is 5.92 Å². The predicted octanol–water partition coefficient (Wildman–Crippen LogP) is 4.10. The smallest absolute Gasteiger partial charge is 0.210 e. The fourth-order valence-corrected chi connectivity index (χ4v) is 2.30. The number of alkyl halides is 2. The van der Waals surface area contributed by atoms with Crippen LogP contribution >= 0.6 is 0 Å². The summed E-state index contributed by atoms with van der Waals surface area (Å²) in [6.07, 6.45) is 2.62. The Morgan fingerprint density at radius 3 is 1.92 bits per heavy atom. The van der Waals surface area contributed by atoms with Crippen LogP contribution in [0.15, 0.2) is 0 Å². The van der Waals surface area contributed by atoms with Crippen LogP contribution in [0.2, 0.25) is 0 Å². The third-order valence-corrected chi connectivity index (χ3v) is 3.62. The first kappa shape index (κ1) is 10.9. The first-order valence-corrected chi connectivity index (χ1v) is 5.43. The van der Waals surface area contributed by atoms with Crippen LogP contribution in [0, 0.1) is 17.8 Å². The van der Waals surface area contributed by atoms with Crippen LogP contribution in [0.3, 0.4) is 0 Å². The van der Waals surface area contributed by atoms with Crippen LogP contribution in [-0.2, 0) is 0 Å². The van der Waals surface area contributed by atoms with Crippen molar-refractivity contribution in [2.24, 2.45) is 17.8 Å². The molecule has 0 spiro atoms. The second-order valence-corrected chi connectivity index (χ2v) is 4.39. The molecule has 0 amide bonds. The SMILES string of the molecule is CCC(C)C1CCC(C(F)F)CC1. The van der Waals surface area contributed by atoms with Gasteiger partial charge in [0.1, 0.15) is 0 Å². The molecule has 0 aliphatic heterocycles. The molecular formula is C11H20F2. The summed E-state index contributed by atoms with van der Waals surface area (Å²) in [6, 6.07) is 0. The van der Waals surface area contributed by atoms with E-state index in [0.717, 1.165) is 31.6 Å². The highest BCUT2D eigenvalue weighted by Gasteiger charge is 2.28. The van der Waals surface area contributed by atoms with E-state index in [4.69, 9.17) is 0 Å². The third kappa shape index (κ3) is 2.92. The molecule has 1 fully saturated rings. The number of halogens is 2. The lowest BCUT2D eigenvalue weighted by molar-refractivity contribution is 0.0401. The summed E-state index contributed by atoms with van der Waals surface area (Å²) in [6.45, 7) is 4.43. The van der Waals surface area contributed by atoms with Crippen molar-refractivity contribution in [2.75, 3.05) is 0 Å². The van der Waals surface area contributed by atoms with Gasteiger partial charge in [0.25, 0.3) is 0 Å². The molecule has 1 saturated carbocycles. The van der Waals surface area contributed by atoms with Crippen LogP contribution in [0.5, 0.6) is 0 Å².